The van der Waals surface area contributed by atoms with E-state index in [4.69, 9.17) is 4.98 Å². The molecule has 1 atom stereocenters. The fourth-order valence-electron chi connectivity index (χ4n) is 3.37. The Hall–Kier alpha value is -0.410. The van der Waals surface area contributed by atoms with Gasteiger partial charge in [-0.3, -0.25) is 0 Å². The molecule has 1 heterocycles. The molecule has 3 heteroatoms. The largest absolute Gasteiger partial charge is 0.303 e. The molecule has 0 spiro atoms. The molecule has 0 bridgehead atoms. The van der Waals surface area contributed by atoms with Gasteiger partial charge < -0.3 is 5.32 Å². The Labute approximate surface area is 134 Å². The van der Waals surface area contributed by atoms with Crippen LogP contribution in [0.25, 0.3) is 0 Å². The molecule has 1 N–H and O–H groups in total. The summed E-state index contributed by atoms with van der Waals surface area (Å²) in [5, 5.41) is 5.14. The molecule has 2 rings (SSSR count). The number of nitrogens with one attached hydrogen (secondary N) is 1. The van der Waals surface area contributed by atoms with E-state index in [1.165, 1.54) is 68.5 Å². The summed E-state index contributed by atoms with van der Waals surface area (Å²) in [5.41, 5.74) is 1.45. The molecule has 0 fully saturated rings. The molecule has 0 radical (unpaired) electrons. The number of aromatic nitrogens is 1. The predicted octanol–water partition coefficient (Wildman–Crippen LogP) is 5.21. The molecule has 1 unspecified atom stereocenters. The van der Waals surface area contributed by atoms with E-state index in [1.54, 1.807) is 4.88 Å². The van der Waals surface area contributed by atoms with Crippen LogP contribution in [0, 0.1) is 0 Å². The summed E-state index contributed by atoms with van der Waals surface area (Å²) < 4.78 is 0. The topological polar surface area (TPSA) is 24.9 Å². The van der Waals surface area contributed by atoms with E-state index in [0.29, 0.717) is 6.04 Å². The summed E-state index contributed by atoms with van der Waals surface area (Å²) in [4.78, 5) is 6.59. The third-order valence-corrected chi connectivity index (χ3v) is 5.88. The molecule has 1 aromatic rings. The molecular formula is C18H32N2S. The van der Waals surface area contributed by atoms with Crippen molar-refractivity contribution in [1.82, 2.24) is 10.3 Å². The van der Waals surface area contributed by atoms with Crippen molar-refractivity contribution in [3.8, 4) is 0 Å². The maximum absolute atomic E-state index is 5.03. The maximum atomic E-state index is 5.03. The Morgan fingerprint density at radius 3 is 2.62 bits per heavy atom. The van der Waals surface area contributed by atoms with E-state index < -0.39 is 0 Å². The molecule has 120 valence electrons. The average Bonchev–Trinajstić information content (AvgIpc) is 2.87. The van der Waals surface area contributed by atoms with Gasteiger partial charge in [0.05, 0.1) is 11.2 Å². The van der Waals surface area contributed by atoms with Crippen molar-refractivity contribution in [2.45, 2.75) is 97.1 Å². The van der Waals surface area contributed by atoms with E-state index in [1.807, 2.05) is 11.3 Å². The first-order valence-electron chi connectivity index (χ1n) is 8.82. The van der Waals surface area contributed by atoms with E-state index in [9.17, 15) is 0 Å². The zero-order valence-electron chi connectivity index (χ0n) is 14.3. The monoisotopic (exact) mass is 308 g/mol. The van der Waals surface area contributed by atoms with Crippen LogP contribution < -0.4 is 5.32 Å². The van der Waals surface area contributed by atoms with E-state index in [-0.39, 0.29) is 5.54 Å². The number of thiazole rings is 1. The standard InChI is InChI=1S/C18H32N2S/c1-5-6-7-10-13-18(4,20-14(2)3)17-19-15-11-8-9-12-16(15)21-17/h14,20H,5-13H2,1-4H3. The highest BCUT2D eigenvalue weighted by atomic mass is 32.1. The third kappa shape index (κ3) is 4.53. The van der Waals surface area contributed by atoms with Crippen molar-refractivity contribution in [2.75, 3.05) is 0 Å². The third-order valence-electron chi connectivity index (χ3n) is 4.46. The van der Waals surface area contributed by atoms with Crippen LogP contribution >= 0.6 is 11.3 Å². The number of fused-ring (bicyclic) bond motifs is 1. The highest BCUT2D eigenvalue weighted by molar-refractivity contribution is 7.11. The minimum absolute atomic E-state index is 0.0594. The summed E-state index contributed by atoms with van der Waals surface area (Å²) in [5.74, 6) is 0. The van der Waals surface area contributed by atoms with Gasteiger partial charge in [0.2, 0.25) is 0 Å². The van der Waals surface area contributed by atoms with Crippen molar-refractivity contribution < 1.29 is 0 Å². The first kappa shape index (κ1) is 17.0. The Morgan fingerprint density at radius 2 is 1.95 bits per heavy atom. The van der Waals surface area contributed by atoms with Crippen LogP contribution in [0.2, 0.25) is 0 Å². The lowest BCUT2D eigenvalue weighted by Crippen LogP contribution is -2.43. The van der Waals surface area contributed by atoms with Crippen LogP contribution in [-0.4, -0.2) is 11.0 Å². The summed E-state index contributed by atoms with van der Waals surface area (Å²) >= 11 is 1.97. The molecule has 0 saturated heterocycles. The number of hydrogen-bond acceptors (Lipinski definition) is 3. The van der Waals surface area contributed by atoms with E-state index in [2.05, 4.69) is 33.0 Å². The van der Waals surface area contributed by atoms with Crippen LogP contribution in [0.5, 0.6) is 0 Å². The molecule has 0 aromatic carbocycles. The van der Waals surface area contributed by atoms with E-state index >= 15 is 0 Å². The molecule has 0 saturated carbocycles. The Bertz CT molecular complexity index is 415. The van der Waals surface area contributed by atoms with E-state index in [0.717, 1.165) is 0 Å². The van der Waals surface area contributed by atoms with Crippen molar-refractivity contribution >= 4 is 11.3 Å². The molecule has 2 nitrogen and oxygen atoms in total. The number of hydrogen-bond donors (Lipinski definition) is 1. The van der Waals surface area contributed by atoms with Gasteiger partial charge in [-0.1, -0.05) is 32.6 Å². The van der Waals surface area contributed by atoms with Gasteiger partial charge in [-0.2, -0.15) is 0 Å². The summed E-state index contributed by atoms with van der Waals surface area (Å²) in [7, 11) is 0. The summed E-state index contributed by atoms with van der Waals surface area (Å²) in [6.07, 6.45) is 11.6. The van der Waals surface area contributed by atoms with Crippen LogP contribution in [0.3, 0.4) is 0 Å². The van der Waals surface area contributed by atoms with Gasteiger partial charge in [0.1, 0.15) is 5.01 Å². The molecule has 1 aromatic heterocycles. The Kier molecular flexibility index (Phi) is 6.24. The second-order valence-electron chi connectivity index (χ2n) is 7.04. The summed E-state index contributed by atoms with van der Waals surface area (Å²) in [6, 6.07) is 0.502. The van der Waals surface area contributed by atoms with Gasteiger partial charge in [-0.15, -0.1) is 11.3 Å². The van der Waals surface area contributed by atoms with Gasteiger partial charge in [-0.05, 0) is 52.9 Å². The smallest absolute Gasteiger partial charge is 0.113 e. The van der Waals surface area contributed by atoms with Crippen molar-refractivity contribution in [3.63, 3.8) is 0 Å². The number of unbranched alkanes of at least 4 members (excludes halogenated alkanes) is 3. The molecular weight excluding hydrogens is 276 g/mol. The van der Waals surface area contributed by atoms with Crippen LogP contribution in [0.4, 0.5) is 0 Å². The van der Waals surface area contributed by atoms with Crippen molar-refractivity contribution in [3.05, 3.63) is 15.6 Å². The summed E-state index contributed by atoms with van der Waals surface area (Å²) in [6.45, 7) is 9.14. The van der Waals surface area contributed by atoms with Gasteiger partial charge in [-0.25, -0.2) is 4.98 Å². The van der Waals surface area contributed by atoms with Gasteiger partial charge in [0, 0.05) is 10.9 Å². The number of nitrogens with zero attached hydrogens (tertiary/aromatic N) is 1. The second kappa shape index (κ2) is 7.73. The predicted molar refractivity (Wildman–Crippen MR) is 93.1 cm³/mol. The Morgan fingerprint density at radius 1 is 1.19 bits per heavy atom. The molecule has 21 heavy (non-hydrogen) atoms. The van der Waals surface area contributed by atoms with Crippen molar-refractivity contribution in [2.24, 2.45) is 0 Å². The van der Waals surface area contributed by atoms with Crippen molar-refractivity contribution in [1.29, 1.82) is 0 Å². The highest BCUT2D eigenvalue weighted by Gasteiger charge is 2.31. The minimum Gasteiger partial charge on any atom is -0.303 e. The number of rotatable bonds is 8. The molecule has 1 aliphatic rings. The van der Waals surface area contributed by atoms with Gasteiger partial charge in [0.25, 0.3) is 0 Å². The quantitative estimate of drug-likeness (QED) is 0.667. The fourth-order valence-corrected chi connectivity index (χ4v) is 4.66. The lowest BCUT2D eigenvalue weighted by atomic mass is 9.93. The van der Waals surface area contributed by atoms with Gasteiger partial charge in [0.15, 0.2) is 0 Å². The average molecular weight is 309 g/mol. The minimum atomic E-state index is 0.0594. The van der Waals surface area contributed by atoms with Crippen LogP contribution in [0.15, 0.2) is 0 Å². The van der Waals surface area contributed by atoms with Gasteiger partial charge >= 0.3 is 0 Å². The van der Waals surface area contributed by atoms with Crippen LogP contribution in [-0.2, 0) is 18.4 Å². The zero-order chi connectivity index (χ0) is 15.3. The maximum Gasteiger partial charge on any atom is 0.113 e. The molecule has 0 amide bonds. The normalized spacial score (nSPS) is 17.8. The second-order valence-corrected chi connectivity index (χ2v) is 8.12. The first-order valence-corrected chi connectivity index (χ1v) is 9.63. The molecule has 1 aliphatic carbocycles. The number of aryl methyl sites for hydroxylation is 2. The highest BCUT2D eigenvalue weighted by Crippen LogP contribution is 2.35. The first-order chi connectivity index (χ1) is 10.0. The SMILES string of the molecule is CCCCCCC(C)(NC(C)C)c1nc2c(s1)CCCC2. The fraction of sp³-hybridized carbons (Fsp3) is 0.833. The molecule has 0 aliphatic heterocycles. The lowest BCUT2D eigenvalue weighted by molar-refractivity contribution is 0.299. The zero-order valence-corrected chi connectivity index (χ0v) is 15.1. The lowest BCUT2D eigenvalue weighted by Gasteiger charge is -2.31. The Balaban J connectivity index is 2.11. The van der Waals surface area contributed by atoms with Crippen LogP contribution in [0.1, 0.15) is 88.2 Å².